The lowest BCUT2D eigenvalue weighted by molar-refractivity contribution is -0.169. The summed E-state index contributed by atoms with van der Waals surface area (Å²) < 4.78 is 45.5. The van der Waals surface area contributed by atoms with E-state index in [1.54, 1.807) is 30.3 Å². The second-order valence-electron chi connectivity index (χ2n) is 6.31. The molecule has 0 unspecified atom stereocenters. The van der Waals surface area contributed by atoms with E-state index in [2.05, 4.69) is 0 Å². The third kappa shape index (κ3) is 3.42. The van der Waals surface area contributed by atoms with Crippen molar-refractivity contribution in [2.75, 3.05) is 0 Å². The van der Waals surface area contributed by atoms with Gasteiger partial charge in [0.25, 0.3) is 5.91 Å². The van der Waals surface area contributed by atoms with Crippen molar-refractivity contribution in [2.45, 2.75) is 31.2 Å². The summed E-state index contributed by atoms with van der Waals surface area (Å²) in [7, 11) is 0. The first kappa shape index (κ1) is 18.0. The zero-order valence-electron chi connectivity index (χ0n) is 13.8. The standard InChI is InChI=1S/C19H16F3NO3/c1-18(11-13-9-5-6-10-14(13)16(24)26-18)17(25)23-15(19(20,21)22)12-7-3-2-4-8-12/h2-10,15H,11H2,1H3,(H,23,25)/t15-,18+/m1/s1. The van der Waals surface area contributed by atoms with Gasteiger partial charge in [0.1, 0.15) is 0 Å². The molecule has 1 aliphatic heterocycles. The first-order valence-corrected chi connectivity index (χ1v) is 7.94. The summed E-state index contributed by atoms with van der Waals surface area (Å²) in [5.74, 6) is -1.72. The van der Waals surface area contributed by atoms with Gasteiger partial charge in [-0.1, -0.05) is 48.5 Å². The Balaban J connectivity index is 1.87. The normalized spacial score (nSPS) is 20.7. The van der Waals surface area contributed by atoms with E-state index in [9.17, 15) is 22.8 Å². The number of amides is 1. The summed E-state index contributed by atoms with van der Waals surface area (Å²) in [6.07, 6.45) is -4.69. The molecular formula is C19H16F3NO3. The Hall–Kier alpha value is -2.83. The number of hydrogen-bond donors (Lipinski definition) is 1. The fourth-order valence-corrected chi connectivity index (χ4v) is 2.94. The van der Waals surface area contributed by atoms with Crippen LogP contribution in [0.2, 0.25) is 0 Å². The molecular weight excluding hydrogens is 347 g/mol. The van der Waals surface area contributed by atoms with E-state index in [-0.39, 0.29) is 12.0 Å². The molecule has 26 heavy (non-hydrogen) atoms. The second-order valence-corrected chi connectivity index (χ2v) is 6.31. The predicted octanol–water partition coefficient (Wildman–Crippen LogP) is 3.58. The van der Waals surface area contributed by atoms with Crippen LogP contribution in [0.5, 0.6) is 0 Å². The maximum atomic E-state index is 13.5. The van der Waals surface area contributed by atoms with Crippen LogP contribution < -0.4 is 5.32 Å². The van der Waals surface area contributed by atoms with Gasteiger partial charge in [-0.15, -0.1) is 0 Å². The van der Waals surface area contributed by atoms with Gasteiger partial charge in [-0.3, -0.25) is 4.79 Å². The van der Waals surface area contributed by atoms with Crippen LogP contribution in [-0.4, -0.2) is 23.7 Å². The van der Waals surface area contributed by atoms with E-state index in [1.807, 2.05) is 5.32 Å². The molecule has 136 valence electrons. The molecule has 0 aromatic heterocycles. The van der Waals surface area contributed by atoms with Crippen molar-refractivity contribution in [3.8, 4) is 0 Å². The molecule has 2 aromatic carbocycles. The predicted molar refractivity (Wildman–Crippen MR) is 87.3 cm³/mol. The minimum absolute atomic E-state index is 0.000113. The van der Waals surface area contributed by atoms with Crippen LogP contribution in [0.1, 0.15) is 34.5 Å². The molecule has 0 aliphatic carbocycles. The Labute approximate surface area is 148 Å². The Morgan fingerprint density at radius 3 is 2.38 bits per heavy atom. The average Bonchev–Trinajstić information content (AvgIpc) is 2.59. The molecule has 0 spiro atoms. The van der Waals surface area contributed by atoms with Crippen LogP contribution in [0.4, 0.5) is 13.2 Å². The van der Waals surface area contributed by atoms with Gasteiger partial charge < -0.3 is 10.1 Å². The van der Waals surface area contributed by atoms with Gasteiger partial charge in [0.2, 0.25) is 0 Å². The highest BCUT2D eigenvalue weighted by molar-refractivity contribution is 5.97. The summed E-state index contributed by atoms with van der Waals surface area (Å²) in [5.41, 5.74) is -0.943. The number of nitrogens with one attached hydrogen (secondary N) is 1. The van der Waals surface area contributed by atoms with Crippen molar-refractivity contribution < 1.29 is 27.5 Å². The van der Waals surface area contributed by atoms with Crippen LogP contribution in [0, 0.1) is 0 Å². The van der Waals surface area contributed by atoms with Gasteiger partial charge in [0.05, 0.1) is 5.56 Å². The molecule has 0 fully saturated rings. The number of benzene rings is 2. The summed E-state index contributed by atoms with van der Waals surface area (Å²) >= 11 is 0. The smallest absolute Gasteiger partial charge is 0.412 e. The minimum atomic E-state index is -4.69. The number of rotatable bonds is 3. The molecule has 4 nitrogen and oxygen atoms in total. The number of alkyl halides is 3. The summed E-state index contributed by atoms with van der Waals surface area (Å²) in [6, 6.07) is 11.4. The lowest BCUT2D eigenvalue weighted by atomic mass is 9.89. The third-order valence-corrected chi connectivity index (χ3v) is 4.30. The highest BCUT2D eigenvalue weighted by Gasteiger charge is 2.48. The Bertz CT molecular complexity index is 835. The van der Waals surface area contributed by atoms with Crippen LogP contribution in [0.3, 0.4) is 0 Å². The minimum Gasteiger partial charge on any atom is -0.445 e. The average molecular weight is 363 g/mol. The highest BCUT2D eigenvalue weighted by atomic mass is 19.4. The Morgan fingerprint density at radius 2 is 1.73 bits per heavy atom. The number of halogens is 3. The lowest BCUT2D eigenvalue weighted by Crippen LogP contribution is -2.54. The number of fused-ring (bicyclic) bond motifs is 1. The van der Waals surface area contributed by atoms with E-state index in [0.29, 0.717) is 11.1 Å². The number of esters is 1. The summed E-state index contributed by atoms with van der Waals surface area (Å²) in [5, 5.41) is 1.99. The zero-order valence-corrected chi connectivity index (χ0v) is 13.8. The van der Waals surface area contributed by atoms with Crippen molar-refractivity contribution >= 4 is 11.9 Å². The number of hydrogen-bond acceptors (Lipinski definition) is 3. The largest absolute Gasteiger partial charge is 0.445 e. The molecule has 2 aromatic rings. The maximum Gasteiger partial charge on any atom is 0.412 e. The monoisotopic (exact) mass is 363 g/mol. The molecule has 0 bridgehead atoms. The highest BCUT2D eigenvalue weighted by Crippen LogP contribution is 2.34. The molecule has 1 N–H and O–H groups in total. The first-order chi connectivity index (χ1) is 12.2. The molecule has 0 saturated carbocycles. The number of ether oxygens (including phenoxy) is 1. The molecule has 3 rings (SSSR count). The van der Waals surface area contributed by atoms with Crippen LogP contribution >= 0.6 is 0 Å². The van der Waals surface area contributed by atoms with Crippen molar-refractivity contribution in [1.29, 1.82) is 0 Å². The molecule has 1 heterocycles. The van der Waals surface area contributed by atoms with Crippen molar-refractivity contribution in [3.05, 3.63) is 71.3 Å². The van der Waals surface area contributed by atoms with E-state index >= 15 is 0 Å². The van der Waals surface area contributed by atoms with E-state index in [0.717, 1.165) is 0 Å². The summed E-state index contributed by atoms with van der Waals surface area (Å²) in [4.78, 5) is 24.8. The van der Waals surface area contributed by atoms with Crippen LogP contribution in [-0.2, 0) is 16.0 Å². The second kappa shape index (κ2) is 6.48. The van der Waals surface area contributed by atoms with E-state index in [4.69, 9.17) is 4.74 Å². The summed E-state index contributed by atoms with van der Waals surface area (Å²) in [6.45, 7) is 1.31. The Kier molecular flexibility index (Phi) is 4.48. The zero-order chi connectivity index (χ0) is 18.9. The molecule has 1 amide bonds. The molecule has 2 atom stereocenters. The van der Waals surface area contributed by atoms with Gasteiger partial charge in [-0.05, 0) is 24.1 Å². The fraction of sp³-hybridized carbons (Fsp3) is 0.263. The van der Waals surface area contributed by atoms with Crippen LogP contribution in [0.15, 0.2) is 54.6 Å². The van der Waals surface area contributed by atoms with Crippen molar-refractivity contribution in [1.82, 2.24) is 5.32 Å². The molecule has 0 radical (unpaired) electrons. The van der Waals surface area contributed by atoms with Gasteiger partial charge in [0.15, 0.2) is 11.6 Å². The maximum absolute atomic E-state index is 13.5. The van der Waals surface area contributed by atoms with Gasteiger partial charge in [-0.2, -0.15) is 13.2 Å². The quantitative estimate of drug-likeness (QED) is 0.848. The van der Waals surface area contributed by atoms with Gasteiger partial charge in [0, 0.05) is 6.42 Å². The first-order valence-electron chi connectivity index (χ1n) is 7.94. The topological polar surface area (TPSA) is 55.4 Å². The van der Waals surface area contributed by atoms with Gasteiger partial charge >= 0.3 is 12.1 Å². The molecule has 0 saturated heterocycles. The van der Waals surface area contributed by atoms with E-state index < -0.39 is 29.7 Å². The van der Waals surface area contributed by atoms with Crippen LogP contribution in [0.25, 0.3) is 0 Å². The number of cyclic esters (lactones) is 1. The third-order valence-electron chi connectivity index (χ3n) is 4.30. The SMILES string of the molecule is C[C@@]1(C(=O)N[C@H](c2ccccc2)C(F)(F)F)Cc2ccccc2C(=O)O1. The lowest BCUT2D eigenvalue weighted by Gasteiger charge is -2.34. The molecule has 7 heteroatoms. The number of carbonyl (C=O) groups is 2. The van der Waals surface area contributed by atoms with Gasteiger partial charge in [-0.25, -0.2) is 4.79 Å². The van der Waals surface area contributed by atoms with Crippen molar-refractivity contribution in [3.63, 3.8) is 0 Å². The Morgan fingerprint density at radius 1 is 1.12 bits per heavy atom. The van der Waals surface area contributed by atoms with E-state index in [1.165, 1.54) is 31.2 Å². The van der Waals surface area contributed by atoms with Crippen molar-refractivity contribution in [2.24, 2.45) is 0 Å². The fourth-order valence-electron chi connectivity index (χ4n) is 2.94. The number of carbonyl (C=O) groups excluding carboxylic acids is 2. The molecule has 1 aliphatic rings.